The third-order valence-corrected chi connectivity index (χ3v) is 4.51. The lowest BCUT2D eigenvalue weighted by molar-refractivity contribution is -0.129. The molecule has 1 aromatic carbocycles. The van der Waals surface area contributed by atoms with Crippen LogP contribution in [0.25, 0.3) is 0 Å². The average molecular weight is 294 g/mol. The van der Waals surface area contributed by atoms with Gasteiger partial charge in [0.15, 0.2) is 0 Å². The maximum Gasteiger partial charge on any atom is 0.236 e. The molecule has 1 aliphatic rings. The van der Waals surface area contributed by atoms with Crippen LogP contribution >= 0.6 is 24.0 Å². The molecule has 2 N–H and O–H groups in total. The van der Waals surface area contributed by atoms with E-state index in [9.17, 15) is 4.79 Å². The first-order chi connectivity index (χ1) is 9.11. The molecule has 19 heavy (non-hydrogen) atoms. The zero-order valence-corrected chi connectivity index (χ0v) is 12.6. The summed E-state index contributed by atoms with van der Waals surface area (Å²) in [6.07, 6.45) is 1.72. The van der Waals surface area contributed by atoms with E-state index in [1.165, 1.54) is 10.5 Å². The molecule has 2 rings (SSSR count). The summed E-state index contributed by atoms with van der Waals surface area (Å²) in [6, 6.07) is 8.20. The van der Waals surface area contributed by atoms with Crippen molar-refractivity contribution in [2.24, 2.45) is 5.73 Å². The van der Waals surface area contributed by atoms with Crippen molar-refractivity contribution in [1.82, 2.24) is 4.90 Å². The van der Waals surface area contributed by atoms with Gasteiger partial charge in [-0.15, -0.1) is 11.8 Å². The highest BCUT2D eigenvalue weighted by molar-refractivity contribution is 8.01. The third-order valence-electron chi connectivity index (χ3n) is 3.07. The van der Waals surface area contributed by atoms with E-state index in [1.54, 1.807) is 16.7 Å². The highest BCUT2D eigenvalue weighted by Crippen LogP contribution is 2.37. The van der Waals surface area contributed by atoms with Crippen LogP contribution in [-0.2, 0) is 11.2 Å². The quantitative estimate of drug-likeness (QED) is 0.846. The monoisotopic (exact) mass is 294 g/mol. The van der Waals surface area contributed by atoms with Crippen molar-refractivity contribution in [3.63, 3.8) is 0 Å². The topological polar surface area (TPSA) is 46.3 Å². The van der Waals surface area contributed by atoms with Gasteiger partial charge in [0.25, 0.3) is 0 Å². The smallest absolute Gasteiger partial charge is 0.236 e. The fourth-order valence-electron chi connectivity index (χ4n) is 2.25. The van der Waals surface area contributed by atoms with Crippen molar-refractivity contribution in [3.05, 3.63) is 29.8 Å². The summed E-state index contributed by atoms with van der Waals surface area (Å²) in [5.41, 5.74) is 6.84. The van der Waals surface area contributed by atoms with E-state index in [0.717, 1.165) is 12.8 Å². The lowest BCUT2D eigenvalue weighted by atomic mass is 10.1. The SMILES string of the molecule is CCCN(CC(N)=S)C(=O)C1Cc2ccccc2S1. The van der Waals surface area contributed by atoms with E-state index in [1.807, 2.05) is 12.1 Å². The van der Waals surface area contributed by atoms with Gasteiger partial charge in [-0.3, -0.25) is 4.79 Å². The normalized spacial score (nSPS) is 17.0. The van der Waals surface area contributed by atoms with E-state index in [0.29, 0.717) is 18.1 Å². The zero-order valence-electron chi connectivity index (χ0n) is 11.0. The molecule has 0 bridgehead atoms. The van der Waals surface area contributed by atoms with Crippen molar-refractivity contribution >= 4 is 34.9 Å². The van der Waals surface area contributed by atoms with Gasteiger partial charge in [0.1, 0.15) is 0 Å². The van der Waals surface area contributed by atoms with Crippen molar-refractivity contribution in [2.45, 2.75) is 29.9 Å². The van der Waals surface area contributed by atoms with Gasteiger partial charge in [-0.25, -0.2) is 0 Å². The predicted octanol–water partition coefficient (Wildman–Crippen LogP) is 2.23. The van der Waals surface area contributed by atoms with E-state index < -0.39 is 0 Å². The van der Waals surface area contributed by atoms with Gasteiger partial charge in [-0.05, 0) is 24.5 Å². The number of fused-ring (bicyclic) bond motifs is 1. The number of nitrogens with zero attached hydrogens (tertiary/aromatic N) is 1. The summed E-state index contributed by atoms with van der Waals surface area (Å²) in [7, 11) is 0. The number of carbonyl (C=O) groups excluding carboxylic acids is 1. The molecule has 0 radical (unpaired) electrons. The summed E-state index contributed by atoms with van der Waals surface area (Å²) < 4.78 is 0. The van der Waals surface area contributed by atoms with Crippen LogP contribution in [0.4, 0.5) is 0 Å². The molecule has 1 heterocycles. The molecule has 0 spiro atoms. The summed E-state index contributed by atoms with van der Waals surface area (Å²) in [6.45, 7) is 3.15. The molecule has 0 fully saturated rings. The van der Waals surface area contributed by atoms with Crippen molar-refractivity contribution in [1.29, 1.82) is 0 Å². The molecule has 1 aromatic rings. The van der Waals surface area contributed by atoms with Crippen molar-refractivity contribution in [3.8, 4) is 0 Å². The Bertz CT molecular complexity index is 465. The van der Waals surface area contributed by atoms with Crippen LogP contribution in [-0.4, -0.2) is 34.1 Å². The van der Waals surface area contributed by atoms with Gasteiger partial charge in [0.2, 0.25) is 5.91 Å². The average Bonchev–Trinajstić information content (AvgIpc) is 2.80. The first-order valence-electron chi connectivity index (χ1n) is 6.43. The number of amides is 1. The lowest BCUT2D eigenvalue weighted by Gasteiger charge is -2.24. The number of thiocarbonyl (C=S) groups is 1. The number of thioether (sulfide) groups is 1. The molecule has 1 aliphatic heterocycles. The minimum atomic E-state index is -0.0294. The van der Waals surface area contributed by atoms with Crippen molar-refractivity contribution in [2.75, 3.05) is 13.1 Å². The minimum Gasteiger partial charge on any atom is -0.392 e. The van der Waals surface area contributed by atoms with E-state index in [4.69, 9.17) is 18.0 Å². The molecule has 0 saturated carbocycles. The van der Waals surface area contributed by atoms with E-state index in [-0.39, 0.29) is 11.2 Å². The molecule has 0 aromatic heterocycles. The second kappa shape index (κ2) is 6.39. The predicted molar refractivity (Wildman–Crippen MR) is 83.4 cm³/mol. The molecule has 0 saturated heterocycles. The third kappa shape index (κ3) is 3.48. The largest absolute Gasteiger partial charge is 0.392 e. The van der Waals surface area contributed by atoms with E-state index in [2.05, 4.69) is 19.1 Å². The van der Waals surface area contributed by atoms with Gasteiger partial charge in [0, 0.05) is 11.4 Å². The molecule has 1 unspecified atom stereocenters. The Morgan fingerprint density at radius 3 is 2.89 bits per heavy atom. The summed E-state index contributed by atoms with van der Waals surface area (Å²) in [4.78, 5) is 15.9. The van der Waals surface area contributed by atoms with Gasteiger partial charge in [-0.2, -0.15) is 0 Å². The fourth-order valence-corrected chi connectivity index (χ4v) is 3.68. The second-order valence-electron chi connectivity index (χ2n) is 4.64. The molecule has 1 amide bonds. The minimum absolute atomic E-state index is 0.0294. The first kappa shape index (κ1) is 14.3. The van der Waals surface area contributed by atoms with Crippen LogP contribution in [0.5, 0.6) is 0 Å². The number of nitrogens with two attached hydrogens (primary N) is 1. The van der Waals surface area contributed by atoms with Gasteiger partial charge < -0.3 is 10.6 Å². The Hall–Kier alpha value is -1.07. The van der Waals surface area contributed by atoms with Gasteiger partial charge >= 0.3 is 0 Å². The van der Waals surface area contributed by atoms with Crippen LogP contribution < -0.4 is 5.73 Å². The Balaban J connectivity index is 2.06. The highest BCUT2D eigenvalue weighted by Gasteiger charge is 2.31. The standard InChI is InChI=1S/C14H18N2OS2/c1-2-7-16(9-13(15)18)14(17)12-8-10-5-3-4-6-11(10)19-12/h3-6,12H,2,7-9H2,1H3,(H2,15,18). The van der Waals surface area contributed by atoms with Crippen molar-refractivity contribution < 1.29 is 4.79 Å². The number of hydrogen-bond acceptors (Lipinski definition) is 3. The fraction of sp³-hybridized carbons (Fsp3) is 0.429. The second-order valence-corrected chi connectivity index (χ2v) is 6.41. The highest BCUT2D eigenvalue weighted by atomic mass is 32.2. The van der Waals surface area contributed by atoms with Crippen LogP contribution in [0.15, 0.2) is 29.2 Å². The Labute approximate surface area is 123 Å². The molecule has 5 heteroatoms. The number of carbonyl (C=O) groups is 1. The number of benzene rings is 1. The Kier molecular flexibility index (Phi) is 4.82. The summed E-state index contributed by atoms with van der Waals surface area (Å²) in [5, 5.41) is -0.0294. The van der Waals surface area contributed by atoms with Crippen LogP contribution in [0, 0.1) is 0 Å². The van der Waals surface area contributed by atoms with Gasteiger partial charge in [0.05, 0.1) is 16.8 Å². The van der Waals surface area contributed by atoms with Crippen LogP contribution in [0.2, 0.25) is 0 Å². The molecular weight excluding hydrogens is 276 g/mol. The number of hydrogen-bond donors (Lipinski definition) is 1. The summed E-state index contributed by atoms with van der Waals surface area (Å²) >= 11 is 6.58. The maximum atomic E-state index is 12.5. The van der Waals surface area contributed by atoms with Crippen LogP contribution in [0.3, 0.4) is 0 Å². The zero-order chi connectivity index (χ0) is 13.8. The first-order valence-corrected chi connectivity index (χ1v) is 7.72. The molecular formula is C14H18N2OS2. The Morgan fingerprint density at radius 2 is 2.26 bits per heavy atom. The number of rotatable bonds is 5. The summed E-state index contributed by atoms with van der Waals surface area (Å²) in [5.74, 6) is 0.149. The maximum absolute atomic E-state index is 12.5. The lowest BCUT2D eigenvalue weighted by Crippen LogP contribution is -2.42. The molecule has 3 nitrogen and oxygen atoms in total. The Morgan fingerprint density at radius 1 is 1.53 bits per heavy atom. The van der Waals surface area contributed by atoms with Crippen LogP contribution in [0.1, 0.15) is 18.9 Å². The molecule has 0 aliphatic carbocycles. The van der Waals surface area contributed by atoms with E-state index >= 15 is 0 Å². The van der Waals surface area contributed by atoms with Gasteiger partial charge in [-0.1, -0.05) is 37.3 Å². The molecule has 102 valence electrons. The molecule has 1 atom stereocenters.